The highest BCUT2D eigenvalue weighted by molar-refractivity contribution is 5.79. The lowest BCUT2D eigenvalue weighted by molar-refractivity contribution is -0.120. The molecular weight excluding hydrogens is 220 g/mol. The minimum Gasteiger partial charge on any atom is -0.409 e. The largest absolute Gasteiger partial charge is 0.409 e. The minimum atomic E-state index is 0.0233. The minimum absolute atomic E-state index is 0.0233. The number of carbonyl (C=O) groups is 1. The highest BCUT2D eigenvalue weighted by atomic mass is 16.4. The first-order chi connectivity index (χ1) is 8.06. The summed E-state index contributed by atoms with van der Waals surface area (Å²) in [5.41, 5.74) is 5.32. The Morgan fingerprint density at radius 2 is 2.12 bits per heavy atom. The number of amidine groups is 1. The molecule has 0 aromatic rings. The maximum atomic E-state index is 11.3. The topological polar surface area (TPSA) is 99.7 Å². The number of rotatable bonds is 9. The fourth-order valence-electron chi connectivity index (χ4n) is 1.19. The van der Waals surface area contributed by atoms with Crippen molar-refractivity contribution in [2.24, 2.45) is 16.8 Å². The average Bonchev–Trinajstić information content (AvgIpc) is 2.30. The lowest BCUT2D eigenvalue weighted by atomic mass is 10.2. The SMILES string of the molecule is CC(C)CNC(=O)CNCCCCC(N)=NO. The number of hydrogen-bond acceptors (Lipinski definition) is 4. The molecular formula is C11H24N4O2. The summed E-state index contributed by atoms with van der Waals surface area (Å²) in [6, 6.07) is 0. The van der Waals surface area contributed by atoms with Gasteiger partial charge in [-0.1, -0.05) is 19.0 Å². The fraction of sp³-hybridized carbons (Fsp3) is 0.818. The van der Waals surface area contributed by atoms with Gasteiger partial charge in [-0.15, -0.1) is 0 Å². The maximum absolute atomic E-state index is 11.3. The van der Waals surface area contributed by atoms with Crippen LogP contribution in [0.1, 0.15) is 33.1 Å². The molecule has 0 unspecified atom stereocenters. The van der Waals surface area contributed by atoms with Crippen molar-refractivity contribution in [2.75, 3.05) is 19.6 Å². The van der Waals surface area contributed by atoms with Crippen molar-refractivity contribution in [3.8, 4) is 0 Å². The molecule has 0 atom stereocenters. The van der Waals surface area contributed by atoms with Crippen molar-refractivity contribution in [1.82, 2.24) is 10.6 Å². The first-order valence-electron chi connectivity index (χ1n) is 6.00. The number of nitrogens with zero attached hydrogens (tertiary/aromatic N) is 1. The summed E-state index contributed by atoms with van der Waals surface area (Å²) in [4.78, 5) is 11.3. The van der Waals surface area contributed by atoms with E-state index in [-0.39, 0.29) is 11.7 Å². The third-order valence-electron chi connectivity index (χ3n) is 2.16. The second-order valence-electron chi connectivity index (χ2n) is 4.42. The van der Waals surface area contributed by atoms with E-state index in [4.69, 9.17) is 10.9 Å². The zero-order chi connectivity index (χ0) is 13.1. The molecule has 0 saturated heterocycles. The van der Waals surface area contributed by atoms with Gasteiger partial charge in [0.1, 0.15) is 5.84 Å². The van der Waals surface area contributed by atoms with E-state index >= 15 is 0 Å². The van der Waals surface area contributed by atoms with E-state index in [2.05, 4.69) is 29.6 Å². The Morgan fingerprint density at radius 1 is 1.41 bits per heavy atom. The summed E-state index contributed by atoms with van der Waals surface area (Å²) in [6.07, 6.45) is 2.32. The monoisotopic (exact) mass is 244 g/mol. The second kappa shape index (κ2) is 9.89. The van der Waals surface area contributed by atoms with Gasteiger partial charge >= 0.3 is 0 Å². The van der Waals surface area contributed by atoms with Crippen LogP contribution in [-0.2, 0) is 4.79 Å². The number of unbranched alkanes of at least 4 members (excludes halogenated alkanes) is 1. The number of amides is 1. The molecule has 100 valence electrons. The second-order valence-corrected chi connectivity index (χ2v) is 4.42. The van der Waals surface area contributed by atoms with Crippen LogP contribution < -0.4 is 16.4 Å². The summed E-state index contributed by atoms with van der Waals surface area (Å²) in [7, 11) is 0. The number of carbonyl (C=O) groups excluding carboxylic acids is 1. The van der Waals surface area contributed by atoms with Crippen LogP contribution in [0.5, 0.6) is 0 Å². The summed E-state index contributed by atoms with van der Waals surface area (Å²) in [5, 5.41) is 17.1. The number of hydrogen-bond donors (Lipinski definition) is 4. The zero-order valence-electron chi connectivity index (χ0n) is 10.7. The van der Waals surface area contributed by atoms with Gasteiger partial charge in [0.2, 0.25) is 5.91 Å². The van der Waals surface area contributed by atoms with Gasteiger partial charge in [-0.3, -0.25) is 4.79 Å². The number of nitrogens with two attached hydrogens (primary N) is 1. The quantitative estimate of drug-likeness (QED) is 0.154. The third-order valence-corrected chi connectivity index (χ3v) is 2.16. The molecule has 0 aliphatic heterocycles. The van der Waals surface area contributed by atoms with Crippen molar-refractivity contribution in [1.29, 1.82) is 0 Å². The molecule has 0 heterocycles. The Bertz CT molecular complexity index is 242. The molecule has 0 saturated carbocycles. The van der Waals surface area contributed by atoms with E-state index in [1.807, 2.05) is 0 Å². The lowest BCUT2D eigenvalue weighted by Crippen LogP contribution is -2.36. The first-order valence-corrected chi connectivity index (χ1v) is 6.00. The predicted molar refractivity (Wildman–Crippen MR) is 68.0 cm³/mol. The molecule has 0 aliphatic carbocycles. The Balaban J connectivity index is 3.30. The Labute approximate surface area is 103 Å². The maximum Gasteiger partial charge on any atom is 0.233 e. The van der Waals surface area contributed by atoms with Gasteiger partial charge < -0.3 is 21.6 Å². The molecule has 0 spiro atoms. The third kappa shape index (κ3) is 11.0. The van der Waals surface area contributed by atoms with E-state index < -0.39 is 0 Å². The normalized spacial score (nSPS) is 11.8. The molecule has 6 heteroatoms. The predicted octanol–water partition coefficient (Wildman–Crippen LogP) is 0.265. The van der Waals surface area contributed by atoms with Gasteiger partial charge in [-0.2, -0.15) is 0 Å². The summed E-state index contributed by atoms with van der Waals surface area (Å²) in [6.45, 7) is 5.93. The van der Waals surface area contributed by atoms with Crippen LogP contribution in [-0.4, -0.2) is 36.6 Å². The van der Waals surface area contributed by atoms with Gasteiger partial charge in [-0.05, 0) is 25.3 Å². The highest BCUT2D eigenvalue weighted by Gasteiger charge is 2.01. The Hall–Kier alpha value is -1.30. The van der Waals surface area contributed by atoms with Gasteiger partial charge in [0.25, 0.3) is 0 Å². The fourth-order valence-corrected chi connectivity index (χ4v) is 1.19. The van der Waals surface area contributed by atoms with E-state index in [1.54, 1.807) is 0 Å². The van der Waals surface area contributed by atoms with Gasteiger partial charge in [-0.25, -0.2) is 0 Å². The summed E-state index contributed by atoms with van der Waals surface area (Å²) in [5.74, 6) is 0.745. The number of oxime groups is 1. The van der Waals surface area contributed by atoms with Gasteiger partial charge in [0.15, 0.2) is 0 Å². The highest BCUT2D eigenvalue weighted by Crippen LogP contribution is 1.93. The van der Waals surface area contributed by atoms with Gasteiger partial charge in [0, 0.05) is 13.0 Å². The van der Waals surface area contributed by atoms with Crippen LogP contribution in [0.25, 0.3) is 0 Å². The molecule has 0 aromatic heterocycles. The van der Waals surface area contributed by atoms with Crippen molar-refractivity contribution >= 4 is 11.7 Å². The Kier molecular flexibility index (Phi) is 9.14. The average molecular weight is 244 g/mol. The van der Waals surface area contributed by atoms with Crippen LogP contribution >= 0.6 is 0 Å². The van der Waals surface area contributed by atoms with E-state index in [1.165, 1.54) is 0 Å². The number of nitrogens with one attached hydrogen (secondary N) is 2. The van der Waals surface area contributed by atoms with E-state index in [9.17, 15) is 4.79 Å². The smallest absolute Gasteiger partial charge is 0.233 e. The van der Waals surface area contributed by atoms with Crippen molar-refractivity contribution < 1.29 is 10.0 Å². The summed E-state index contributed by atoms with van der Waals surface area (Å²) < 4.78 is 0. The van der Waals surface area contributed by atoms with Crippen molar-refractivity contribution in [3.05, 3.63) is 0 Å². The first kappa shape index (κ1) is 15.7. The van der Waals surface area contributed by atoms with E-state index in [0.717, 1.165) is 19.4 Å². The standard InChI is InChI=1S/C11H24N4O2/c1-9(2)7-14-11(16)8-13-6-4-3-5-10(12)15-17/h9,13,17H,3-8H2,1-2H3,(H2,12,15)(H,14,16). The van der Waals surface area contributed by atoms with Crippen LogP contribution in [0.3, 0.4) is 0 Å². The molecule has 0 bridgehead atoms. The lowest BCUT2D eigenvalue weighted by Gasteiger charge is -2.08. The van der Waals surface area contributed by atoms with Crippen LogP contribution in [0, 0.1) is 5.92 Å². The molecule has 0 rings (SSSR count). The van der Waals surface area contributed by atoms with Crippen molar-refractivity contribution in [2.45, 2.75) is 33.1 Å². The summed E-state index contributed by atoms with van der Waals surface area (Å²) >= 11 is 0. The molecule has 0 radical (unpaired) electrons. The zero-order valence-corrected chi connectivity index (χ0v) is 10.7. The molecule has 5 N–H and O–H groups in total. The molecule has 17 heavy (non-hydrogen) atoms. The van der Waals surface area contributed by atoms with Crippen LogP contribution in [0.2, 0.25) is 0 Å². The Morgan fingerprint density at radius 3 is 2.71 bits per heavy atom. The van der Waals surface area contributed by atoms with Crippen LogP contribution in [0.15, 0.2) is 5.16 Å². The molecule has 0 aliphatic rings. The van der Waals surface area contributed by atoms with Crippen molar-refractivity contribution in [3.63, 3.8) is 0 Å². The van der Waals surface area contributed by atoms with E-state index in [0.29, 0.717) is 25.4 Å². The molecule has 0 aromatic carbocycles. The van der Waals surface area contributed by atoms with Gasteiger partial charge in [0.05, 0.1) is 6.54 Å². The molecule has 1 amide bonds. The van der Waals surface area contributed by atoms with Crippen LogP contribution in [0.4, 0.5) is 0 Å². The molecule has 6 nitrogen and oxygen atoms in total. The molecule has 0 fully saturated rings.